The zero-order valence-corrected chi connectivity index (χ0v) is 15.3. The van der Waals surface area contributed by atoms with Crippen molar-refractivity contribution in [3.8, 4) is 5.75 Å². The van der Waals surface area contributed by atoms with Crippen LogP contribution in [0.25, 0.3) is 0 Å². The van der Waals surface area contributed by atoms with E-state index in [4.69, 9.17) is 9.47 Å². The normalized spacial score (nSPS) is 24.5. The number of fused-ring (bicyclic) bond motifs is 1. The van der Waals surface area contributed by atoms with Gasteiger partial charge in [-0.05, 0) is 30.0 Å². The highest BCUT2D eigenvalue weighted by Crippen LogP contribution is 2.41. The number of para-hydroxylation sites is 1. The predicted octanol–water partition coefficient (Wildman–Crippen LogP) is 2.74. The molecule has 2 aliphatic heterocycles. The summed E-state index contributed by atoms with van der Waals surface area (Å²) in [7, 11) is 0. The number of amides is 1. The largest absolute Gasteiger partial charge is 0.488 e. The van der Waals surface area contributed by atoms with E-state index >= 15 is 0 Å². The zero-order valence-electron chi connectivity index (χ0n) is 15.3. The lowest BCUT2D eigenvalue weighted by molar-refractivity contribution is -0.0557. The average molecular weight is 367 g/mol. The Kier molecular flexibility index (Phi) is 5.14. The molecule has 2 aromatic rings. The van der Waals surface area contributed by atoms with E-state index in [9.17, 15) is 9.90 Å². The van der Waals surface area contributed by atoms with E-state index in [1.165, 1.54) is 0 Å². The molecule has 5 nitrogen and oxygen atoms in total. The van der Waals surface area contributed by atoms with Crippen molar-refractivity contribution in [3.63, 3.8) is 0 Å². The number of carbonyl (C=O) groups excluding carboxylic acids is 1. The summed E-state index contributed by atoms with van der Waals surface area (Å²) in [6.45, 7) is 2.88. The highest BCUT2D eigenvalue weighted by Gasteiger charge is 2.49. The lowest BCUT2D eigenvalue weighted by atomic mass is 9.76. The van der Waals surface area contributed by atoms with Gasteiger partial charge in [0.15, 0.2) is 0 Å². The van der Waals surface area contributed by atoms with Gasteiger partial charge in [-0.15, -0.1) is 0 Å². The molecule has 0 aromatic heterocycles. The summed E-state index contributed by atoms with van der Waals surface area (Å²) in [5.74, 6) is 0.842. The third kappa shape index (κ3) is 3.57. The maximum atomic E-state index is 13.2. The van der Waals surface area contributed by atoms with Gasteiger partial charge in [0, 0.05) is 25.1 Å². The van der Waals surface area contributed by atoms with E-state index in [0.717, 1.165) is 12.0 Å². The van der Waals surface area contributed by atoms with Crippen LogP contribution in [-0.4, -0.2) is 48.8 Å². The monoisotopic (exact) mass is 367 g/mol. The summed E-state index contributed by atoms with van der Waals surface area (Å²) in [5, 5.41) is 9.94. The molecule has 1 N–H and O–H groups in total. The Hall–Kier alpha value is -2.37. The first-order chi connectivity index (χ1) is 13.2. The van der Waals surface area contributed by atoms with E-state index in [1.807, 2.05) is 59.5 Å². The summed E-state index contributed by atoms with van der Waals surface area (Å²) in [4.78, 5) is 15.1. The molecule has 4 rings (SSSR count). The maximum Gasteiger partial charge on any atom is 0.257 e. The number of nitrogens with zero attached hydrogens (tertiary/aromatic N) is 1. The SMILES string of the molecule is O=C(c1ccccc1OCc1ccccc1)N1C[C@@H]2CCOC[C@]2(CO)C1. The fourth-order valence-electron chi connectivity index (χ4n) is 4.15. The molecule has 2 aromatic carbocycles. The lowest BCUT2D eigenvalue weighted by Crippen LogP contribution is -2.43. The minimum atomic E-state index is -0.326. The van der Waals surface area contributed by atoms with Crippen LogP contribution in [0.5, 0.6) is 5.75 Å². The number of aliphatic hydroxyl groups excluding tert-OH is 1. The molecule has 1 amide bonds. The Morgan fingerprint density at radius 1 is 1.19 bits per heavy atom. The molecule has 0 unspecified atom stereocenters. The first kappa shape index (κ1) is 18.0. The van der Waals surface area contributed by atoms with Crippen LogP contribution in [0.15, 0.2) is 54.6 Å². The van der Waals surface area contributed by atoms with E-state index in [0.29, 0.717) is 44.2 Å². The van der Waals surface area contributed by atoms with Crippen molar-refractivity contribution in [2.75, 3.05) is 32.9 Å². The van der Waals surface area contributed by atoms with Crippen LogP contribution in [-0.2, 0) is 11.3 Å². The number of carbonyl (C=O) groups is 1. The van der Waals surface area contributed by atoms with Gasteiger partial charge in [-0.1, -0.05) is 42.5 Å². The first-order valence-corrected chi connectivity index (χ1v) is 9.45. The number of aliphatic hydroxyl groups is 1. The molecule has 2 heterocycles. The van der Waals surface area contributed by atoms with Gasteiger partial charge in [0.1, 0.15) is 12.4 Å². The van der Waals surface area contributed by atoms with Crippen molar-refractivity contribution >= 4 is 5.91 Å². The van der Waals surface area contributed by atoms with Crippen LogP contribution < -0.4 is 4.74 Å². The molecular weight excluding hydrogens is 342 g/mol. The Bertz CT molecular complexity index is 794. The summed E-state index contributed by atoms with van der Waals surface area (Å²) >= 11 is 0. The average Bonchev–Trinajstić information content (AvgIpc) is 3.13. The van der Waals surface area contributed by atoms with E-state index in [-0.39, 0.29) is 23.8 Å². The summed E-state index contributed by atoms with van der Waals surface area (Å²) in [5.41, 5.74) is 1.30. The van der Waals surface area contributed by atoms with Crippen molar-refractivity contribution in [2.45, 2.75) is 13.0 Å². The number of benzene rings is 2. The number of hydrogen-bond acceptors (Lipinski definition) is 4. The molecule has 27 heavy (non-hydrogen) atoms. The molecule has 0 spiro atoms. The molecule has 5 heteroatoms. The Morgan fingerprint density at radius 3 is 2.74 bits per heavy atom. The van der Waals surface area contributed by atoms with Crippen LogP contribution in [0.2, 0.25) is 0 Å². The topological polar surface area (TPSA) is 59.0 Å². The van der Waals surface area contributed by atoms with Gasteiger partial charge in [0.05, 0.1) is 18.8 Å². The number of hydrogen-bond donors (Lipinski definition) is 1. The van der Waals surface area contributed by atoms with Gasteiger partial charge in [-0.25, -0.2) is 0 Å². The first-order valence-electron chi connectivity index (χ1n) is 9.45. The highest BCUT2D eigenvalue weighted by molar-refractivity contribution is 5.97. The van der Waals surface area contributed by atoms with Crippen molar-refractivity contribution in [2.24, 2.45) is 11.3 Å². The molecule has 2 saturated heterocycles. The van der Waals surface area contributed by atoms with Gasteiger partial charge in [-0.2, -0.15) is 0 Å². The fourth-order valence-corrected chi connectivity index (χ4v) is 4.15. The van der Waals surface area contributed by atoms with Crippen molar-refractivity contribution in [1.82, 2.24) is 4.90 Å². The Morgan fingerprint density at radius 2 is 1.96 bits per heavy atom. The molecular formula is C22H25NO4. The van der Waals surface area contributed by atoms with E-state index in [2.05, 4.69) is 0 Å². The Balaban J connectivity index is 1.51. The van der Waals surface area contributed by atoms with Crippen molar-refractivity contribution in [3.05, 3.63) is 65.7 Å². The third-order valence-electron chi connectivity index (χ3n) is 5.77. The number of likely N-dealkylation sites (tertiary alicyclic amines) is 1. The predicted molar refractivity (Wildman–Crippen MR) is 102 cm³/mol. The van der Waals surface area contributed by atoms with Crippen LogP contribution in [0.3, 0.4) is 0 Å². The minimum absolute atomic E-state index is 0.0408. The van der Waals surface area contributed by atoms with Crippen LogP contribution in [0, 0.1) is 11.3 Å². The van der Waals surface area contributed by atoms with Crippen molar-refractivity contribution in [1.29, 1.82) is 0 Å². The van der Waals surface area contributed by atoms with Gasteiger partial charge in [-0.3, -0.25) is 4.79 Å². The third-order valence-corrected chi connectivity index (χ3v) is 5.77. The second kappa shape index (κ2) is 7.71. The Labute approximate surface area is 159 Å². The molecule has 0 bridgehead atoms. The quantitative estimate of drug-likeness (QED) is 0.883. The molecule has 0 saturated carbocycles. The lowest BCUT2D eigenvalue weighted by Gasteiger charge is -2.36. The van der Waals surface area contributed by atoms with Crippen molar-refractivity contribution < 1.29 is 19.4 Å². The number of ether oxygens (including phenoxy) is 2. The maximum absolute atomic E-state index is 13.2. The standard InChI is InChI=1S/C22H25NO4/c24-15-22-14-23(12-18(22)10-11-26-16-22)21(25)19-8-4-5-9-20(19)27-13-17-6-2-1-3-7-17/h1-9,18,24H,10-16H2/t18-,22+/m0/s1. The molecule has 2 atom stereocenters. The fraction of sp³-hybridized carbons (Fsp3) is 0.409. The number of rotatable bonds is 5. The smallest absolute Gasteiger partial charge is 0.257 e. The second-order valence-corrected chi connectivity index (χ2v) is 7.51. The minimum Gasteiger partial charge on any atom is -0.488 e. The molecule has 2 fully saturated rings. The summed E-state index contributed by atoms with van der Waals surface area (Å²) in [6, 6.07) is 17.3. The van der Waals surface area contributed by atoms with Crippen LogP contribution >= 0.6 is 0 Å². The van der Waals surface area contributed by atoms with Crippen LogP contribution in [0.4, 0.5) is 0 Å². The van der Waals surface area contributed by atoms with Crippen LogP contribution in [0.1, 0.15) is 22.3 Å². The highest BCUT2D eigenvalue weighted by atomic mass is 16.5. The van der Waals surface area contributed by atoms with Gasteiger partial charge < -0.3 is 19.5 Å². The van der Waals surface area contributed by atoms with E-state index < -0.39 is 0 Å². The van der Waals surface area contributed by atoms with Gasteiger partial charge >= 0.3 is 0 Å². The van der Waals surface area contributed by atoms with Gasteiger partial charge in [0.2, 0.25) is 0 Å². The summed E-state index contributed by atoms with van der Waals surface area (Å²) < 4.78 is 11.6. The molecule has 0 aliphatic carbocycles. The summed E-state index contributed by atoms with van der Waals surface area (Å²) in [6.07, 6.45) is 0.885. The van der Waals surface area contributed by atoms with E-state index in [1.54, 1.807) is 0 Å². The molecule has 2 aliphatic rings. The zero-order chi connectivity index (χ0) is 18.7. The molecule has 142 valence electrons. The van der Waals surface area contributed by atoms with Gasteiger partial charge in [0.25, 0.3) is 5.91 Å². The molecule has 0 radical (unpaired) electrons. The second-order valence-electron chi connectivity index (χ2n) is 7.51.